The van der Waals surface area contributed by atoms with Crippen LogP contribution in [0.2, 0.25) is 0 Å². The van der Waals surface area contributed by atoms with Crippen molar-refractivity contribution in [1.29, 1.82) is 0 Å². The van der Waals surface area contributed by atoms with Crippen LogP contribution in [0.3, 0.4) is 0 Å². The van der Waals surface area contributed by atoms with Gasteiger partial charge in [0.2, 0.25) is 0 Å². The van der Waals surface area contributed by atoms with Crippen LogP contribution in [0.1, 0.15) is 11.1 Å². The van der Waals surface area contributed by atoms with Crippen LogP contribution in [0.5, 0.6) is 0 Å². The van der Waals surface area contributed by atoms with Crippen LogP contribution in [0.15, 0.2) is 64.8 Å². The minimum Gasteiger partial charge on any atom is -0.510 e. The van der Waals surface area contributed by atoms with E-state index in [1.165, 1.54) is 0 Å². The molecule has 21 heavy (non-hydrogen) atoms. The molecular formula is C17H14BrNO2. The summed E-state index contributed by atoms with van der Waals surface area (Å²) in [7, 11) is 0. The third-order valence-electron chi connectivity index (χ3n) is 3.48. The van der Waals surface area contributed by atoms with Gasteiger partial charge in [0.05, 0.1) is 12.1 Å². The summed E-state index contributed by atoms with van der Waals surface area (Å²) >= 11 is 3.37. The van der Waals surface area contributed by atoms with Crippen molar-refractivity contribution in [1.82, 2.24) is 4.90 Å². The highest BCUT2D eigenvalue weighted by molar-refractivity contribution is 9.10. The predicted octanol–water partition coefficient (Wildman–Crippen LogP) is 3.76. The molecule has 2 aromatic rings. The zero-order valence-electron chi connectivity index (χ0n) is 11.3. The number of hydrogen-bond acceptors (Lipinski definition) is 2. The van der Waals surface area contributed by atoms with Crippen molar-refractivity contribution in [2.24, 2.45) is 0 Å². The van der Waals surface area contributed by atoms with Crippen molar-refractivity contribution >= 4 is 27.4 Å². The van der Waals surface area contributed by atoms with E-state index in [1.807, 2.05) is 54.6 Å². The number of halogens is 1. The Morgan fingerprint density at radius 1 is 1.05 bits per heavy atom. The zero-order valence-corrected chi connectivity index (χ0v) is 12.9. The van der Waals surface area contributed by atoms with Gasteiger partial charge in [-0.15, -0.1) is 0 Å². The largest absolute Gasteiger partial charge is 0.510 e. The van der Waals surface area contributed by atoms with E-state index >= 15 is 0 Å². The Morgan fingerprint density at radius 3 is 2.38 bits per heavy atom. The topological polar surface area (TPSA) is 40.5 Å². The summed E-state index contributed by atoms with van der Waals surface area (Å²) in [6.45, 7) is 0.767. The lowest BCUT2D eigenvalue weighted by atomic mass is 10.1. The van der Waals surface area contributed by atoms with Gasteiger partial charge in [-0.05, 0) is 23.3 Å². The van der Waals surface area contributed by atoms with Gasteiger partial charge in [-0.3, -0.25) is 4.79 Å². The van der Waals surface area contributed by atoms with Crippen molar-refractivity contribution < 1.29 is 9.90 Å². The van der Waals surface area contributed by atoms with Crippen molar-refractivity contribution in [2.75, 3.05) is 6.54 Å². The molecule has 0 unspecified atom stereocenters. The fourth-order valence-electron chi connectivity index (χ4n) is 2.45. The SMILES string of the molecule is O=C1C(c2ccc(Br)cc2)=C(O)CN1Cc1ccccc1. The molecule has 0 bridgehead atoms. The molecule has 0 aromatic heterocycles. The van der Waals surface area contributed by atoms with E-state index in [4.69, 9.17) is 0 Å². The number of carbonyl (C=O) groups is 1. The first-order valence-electron chi connectivity index (χ1n) is 6.66. The molecule has 1 aliphatic heterocycles. The Balaban J connectivity index is 1.82. The van der Waals surface area contributed by atoms with Crippen molar-refractivity contribution in [3.63, 3.8) is 0 Å². The molecule has 0 aliphatic carbocycles. The van der Waals surface area contributed by atoms with Crippen LogP contribution in [-0.2, 0) is 11.3 Å². The minimum absolute atomic E-state index is 0.126. The quantitative estimate of drug-likeness (QED) is 0.921. The zero-order chi connectivity index (χ0) is 14.8. The third-order valence-corrected chi connectivity index (χ3v) is 4.01. The van der Waals surface area contributed by atoms with Crippen LogP contribution < -0.4 is 0 Å². The molecule has 4 heteroatoms. The molecule has 1 amide bonds. The summed E-state index contributed by atoms with van der Waals surface area (Å²) in [5, 5.41) is 10.1. The Kier molecular flexibility index (Phi) is 3.80. The second-order valence-electron chi connectivity index (χ2n) is 4.98. The van der Waals surface area contributed by atoms with Gasteiger partial charge in [-0.25, -0.2) is 0 Å². The number of amides is 1. The fraction of sp³-hybridized carbons (Fsp3) is 0.118. The molecule has 1 heterocycles. The number of aliphatic hydroxyl groups is 1. The van der Waals surface area contributed by atoms with Crippen LogP contribution in [0, 0.1) is 0 Å². The van der Waals surface area contributed by atoms with Crippen LogP contribution in [-0.4, -0.2) is 22.5 Å². The summed E-state index contributed by atoms with van der Waals surface area (Å²) in [6, 6.07) is 17.2. The standard InChI is InChI=1S/C17H14BrNO2/c18-14-8-6-13(7-9-14)16-15(20)11-19(17(16)21)10-12-4-2-1-3-5-12/h1-9,20H,10-11H2. The molecule has 1 N–H and O–H groups in total. The maximum Gasteiger partial charge on any atom is 0.258 e. The maximum atomic E-state index is 12.5. The molecule has 0 saturated carbocycles. The van der Waals surface area contributed by atoms with Gasteiger partial charge in [-0.2, -0.15) is 0 Å². The van der Waals surface area contributed by atoms with E-state index in [2.05, 4.69) is 15.9 Å². The number of rotatable bonds is 3. The Labute approximate surface area is 131 Å². The van der Waals surface area contributed by atoms with E-state index in [0.717, 1.165) is 15.6 Å². The van der Waals surface area contributed by atoms with Crippen molar-refractivity contribution in [2.45, 2.75) is 6.54 Å². The molecule has 2 aromatic carbocycles. The number of hydrogen-bond donors (Lipinski definition) is 1. The molecule has 0 saturated heterocycles. The summed E-state index contributed by atoms with van der Waals surface area (Å²) < 4.78 is 0.943. The summed E-state index contributed by atoms with van der Waals surface area (Å²) in [6.07, 6.45) is 0. The van der Waals surface area contributed by atoms with Gasteiger partial charge in [0.15, 0.2) is 0 Å². The number of carbonyl (C=O) groups excluding carboxylic acids is 1. The number of nitrogens with zero attached hydrogens (tertiary/aromatic N) is 1. The summed E-state index contributed by atoms with van der Waals surface area (Å²) in [4.78, 5) is 14.2. The van der Waals surface area contributed by atoms with Gasteiger partial charge < -0.3 is 10.0 Å². The molecule has 0 radical (unpaired) electrons. The highest BCUT2D eigenvalue weighted by Gasteiger charge is 2.31. The molecule has 1 aliphatic rings. The fourth-order valence-corrected chi connectivity index (χ4v) is 2.72. The van der Waals surface area contributed by atoms with E-state index in [9.17, 15) is 9.90 Å². The minimum atomic E-state index is -0.126. The van der Waals surface area contributed by atoms with Crippen molar-refractivity contribution in [3.05, 3.63) is 76.0 Å². The first kappa shape index (κ1) is 13.9. The Bertz CT molecular complexity index is 692. The predicted molar refractivity (Wildman–Crippen MR) is 85.5 cm³/mol. The average Bonchev–Trinajstić information content (AvgIpc) is 2.76. The Hall–Kier alpha value is -2.07. The monoisotopic (exact) mass is 343 g/mol. The smallest absolute Gasteiger partial charge is 0.258 e. The molecular weight excluding hydrogens is 330 g/mol. The van der Waals surface area contributed by atoms with Crippen LogP contribution >= 0.6 is 15.9 Å². The molecule has 106 valence electrons. The highest BCUT2D eigenvalue weighted by atomic mass is 79.9. The average molecular weight is 344 g/mol. The van der Waals surface area contributed by atoms with Gasteiger partial charge in [0.25, 0.3) is 5.91 Å². The normalized spacial score (nSPS) is 14.9. The van der Waals surface area contributed by atoms with Gasteiger partial charge >= 0.3 is 0 Å². The first-order chi connectivity index (χ1) is 10.1. The second-order valence-corrected chi connectivity index (χ2v) is 5.89. The van der Waals surface area contributed by atoms with Crippen LogP contribution in [0.25, 0.3) is 5.57 Å². The van der Waals surface area contributed by atoms with Gasteiger partial charge in [0.1, 0.15) is 5.76 Å². The second kappa shape index (κ2) is 5.74. The first-order valence-corrected chi connectivity index (χ1v) is 7.45. The molecule has 0 fully saturated rings. The van der Waals surface area contributed by atoms with E-state index < -0.39 is 0 Å². The molecule has 0 spiro atoms. The third kappa shape index (κ3) is 2.85. The van der Waals surface area contributed by atoms with Gasteiger partial charge in [0, 0.05) is 11.0 Å². The van der Waals surface area contributed by atoms with Crippen LogP contribution in [0.4, 0.5) is 0 Å². The summed E-state index contributed by atoms with van der Waals surface area (Å²) in [5.41, 5.74) is 2.20. The molecule has 3 rings (SSSR count). The lowest BCUT2D eigenvalue weighted by molar-refractivity contribution is -0.124. The lowest BCUT2D eigenvalue weighted by Gasteiger charge is -2.16. The van der Waals surface area contributed by atoms with E-state index in [-0.39, 0.29) is 18.2 Å². The Morgan fingerprint density at radius 2 is 1.71 bits per heavy atom. The maximum absolute atomic E-state index is 12.5. The number of benzene rings is 2. The van der Waals surface area contributed by atoms with E-state index in [1.54, 1.807) is 4.90 Å². The van der Waals surface area contributed by atoms with Crippen molar-refractivity contribution in [3.8, 4) is 0 Å². The van der Waals surface area contributed by atoms with Gasteiger partial charge in [-0.1, -0.05) is 58.4 Å². The lowest BCUT2D eigenvalue weighted by Crippen LogP contribution is -2.26. The summed E-state index contributed by atoms with van der Waals surface area (Å²) in [5.74, 6) is 0.0110. The van der Waals surface area contributed by atoms with E-state index in [0.29, 0.717) is 12.1 Å². The molecule has 0 atom stereocenters. The molecule has 3 nitrogen and oxygen atoms in total. The highest BCUT2D eigenvalue weighted by Crippen LogP contribution is 2.28. The number of aliphatic hydroxyl groups excluding tert-OH is 1.